The molecule has 0 unspecified atom stereocenters. The quantitative estimate of drug-likeness (QED) is 0.421. The standard InChI is InChI=1S/C29H34FN3O4/c1-29(2)24(18-26(37-29)27-23-8-7-22(30)17-25(23)31-28(27)35)21-5-3-20(4-6-21)19-33-11-9-32(10-12-33)13-15-36-16-14-34/h3-8,17-18,34H,9-16,19H2,1-2H3,(H,31,35)/b27-26+. The number of aliphatic hydroxyl groups is 1. The topological polar surface area (TPSA) is 74.3 Å². The normalized spacial score (nSPS) is 21.5. The van der Waals surface area contributed by atoms with E-state index in [1.807, 2.05) is 19.9 Å². The molecule has 2 N–H and O–H groups in total. The first-order valence-corrected chi connectivity index (χ1v) is 12.8. The summed E-state index contributed by atoms with van der Waals surface area (Å²) in [4.78, 5) is 17.6. The number of carbonyl (C=O) groups excluding carboxylic acids is 1. The monoisotopic (exact) mass is 507 g/mol. The predicted molar refractivity (Wildman–Crippen MR) is 141 cm³/mol. The molecule has 3 aliphatic rings. The lowest BCUT2D eigenvalue weighted by Gasteiger charge is -2.34. The van der Waals surface area contributed by atoms with Crippen molar-refractivity contribution in [3.63, 3.8) is 0 Å². The van der Waals surface area contributed by atoms with Crippen LogP contribution in [-0.4, -0.2) is 79.0 Å². The van der Waals surface area contributed by atoms with Gasteiger partial charge in [-0.05, 0) is 49.2 Å². The van der Waals surface area contributed by atoms with E-state index in [1.165, 1.54) is 17.7 Å². The number of rotatable bonds is 8. The second-order valence-corrected chi connectivity index (χ2v) is 10.2. The second kappa shape index (κ2) is 10.8. The maximum Gasteiger partial charge on any atom is 0.260 e. The number of nitrogens with zero attached hydrogens (tertiary/aromatic N) is 2. The van der Waals surface area contributed by atoms with Gasteiger partial charge in [0.05, 0.1) is 31.1 Å². The molecule has 0 saturated carbocycles. The zero-order valence-corrected chi connectivity index (χ0v) is 21.4. The largest absolute Gasteiger partial charge is 0.482 e. The molecule has 7 nitrogen and oxygen atoms in total. The van der Waals surface area contributed by atoms with Crippen molar-refractivity contribution in [1.82, 2.24) is 9.80 Å². The Hall–Kier alpha value is -3.04. The van der Waals surface area contributed by atoms with Crippen LogP contribution >= 0.6 is 0 Å². The van der Waals surface area contributed by atoms with E-state index in [1.54, 1.807) is 6.07 Å². The van der Waals surface area contributed by atoms with Crippen molar-refractivity contribution in [3.05, 3.63) is 76.8 Å². The lowest BCUT2D eigenvalue weighted by molar-refractivity contribution is -0.111. The molecule has 0 aliphatic carbocycles. The van der Waals surface area contributed by atoms with Gasteiger partial charge in [-0.3, -0.25) is 14.6 Å². The molecule has 196 valence electrons. The Kier molecular flexibility index (Phi) is 7.44. The third-order valence-corrected chi connectivity index (χ3v) is 7.19. The molecule has 0 spiro atoms. The number of benzene rings is 2. The van der Waals surface area contributed by atoms with Gasteiger partial charge in [-0.1, -0.05) is 24.3 Å². The van der Waals surface area contributed by atoms with Gasteiger partial charge in [0.2, 0.25) is 0 Å². The van der Waals surface area contributed by atoms with E-state index in [2.05, 4.69) is 39.4 Å². The van der Waals surface area contributed by atoms with Crippen LogP contribution in [-0.2, 0) is 20.8 Å². The molecule has 1 saturated heterocycles. The number of anilines is 1. The smallest absolute Gasteiger partial charge is 0.260 e. The number of piperazine rings is 1. The first-order chi connectivity index (χ1) is 17.8. The van der Waals surface area contributed by atoms with Crippen LogP contribution in [0.15, 0.2) is 54.3 Å². The van der Waals surface area contributed by atoms with Gasteiger partial charge in [0.25, 0.3) is 5.91 Å². The highest BCUT2D eigenvalue weighted by atomic mass is 19.1. The number of fused-ring (bicyclic) bond motifs is 1. The van der Waals surface area contributed by atoms with Crippen LogP contribution < -0.4 is 5.32 Å². The van der Waals surface area contributed by atoms with Crippen LogP contribution in [0.4, 0.5) is 10.1 Å². The lowest BCUT2D eigenvalue weighted by Crippen LogP contribution is -2.46. The van der Waals surface area contributed by atoms with E-state index in [0.29, 0.717) is 35.8 Å². The van der Waals surface area contributed by atoms with Crippen molar-refractivity contribution in [2.45, 2.75) is 26.0 Å². The summed E-state index contributed by atoms with van der Waals surface area (Å²) in [5.41, 5.74) is 4.26. The van der Waals surface area contributed by atoms with Crippen molar-refractivity contribution in [3.8, 4) is 0 Å². The highest BCUT2D eigenvalue weighted by molar-refractivity contribution is 6.32. The molecule has 0 radical (unpaired) electrons. The third kappa shape index (κ3) is 5.62. The number of allylic oxidation sites excluding steroid dienone is 1. The maximum atomic E-state index is 13.6. The molecule has 3 aliphatic heterocycles. The van der Waals surface area contributed by atoms with Gasteiger partial charge in [0, 0.05) is 50.4 Å². The molecule has 0 bridgehead atoms. The van der Waals surface area contributed by atoms with E-state index in [0.717, 1.165) is 50.4 Å². The average molecular weight is 508 g/mol. The van der Waals surface area contributed by atoms with Crippen molar-refractivity contribution >= 4 is 22.7 Å². The fraction of sp³-hybridized carbons (Fsp3) is 0.414. The van der Waals surface area contributed by atoms with E-state index < -0.39 is 5.60 Å². The molecular weight excluding hydrogens is 473 g/mol. The molecule has 2 aromatic rings. The minimum absolute atomic E-state index is 0.0707. The number of hydrogen-bond donors (Lipinski definition) is 2. The molecule has 1 amide bonds. The summed E-state index contributed by atoms with van der Waals surface area (Å²) in [6.07, 6.45) is 1.94. The first kappa shape index (κ1) is 25.6. The van der Waals surface area contributed by atoms with Crippen LogP contribution in [0.2, 0.25) is 0 Å². The second-order valence-electron chi connectivity index (χ2n) is 10.2. The summed E-state index contributed by atoms with van der Waals surface area (Å²) in [5, 5.41) is 11.5. The van der Waals surface area contributed by atoms with Crippen molar-refractivity contribution < 1.29 is 23.8 Å². The van der Waals surface area contributed by atoms with Gasteiger partial charge in [-0.2, -0.15) is 0 Å². The van der Waals surface area contributed by atoms with Crippen molar-refractivity contribution in [1.29, 1.82) is 0 Å². The Morgan fingerprint density at radius 2 is 1.78 bits per heavy atom. The van der Waals surface area contributed by atoms with Gasteiger partial charge >= 0.3 is 0 Å². The summed E-state index contributed by atoms with van der Waals surface area (Å²) >= 11 is 0. The fourth-order valence-corrected chi connectivity index (χ4v) is 5.19. The molecule has 0 aromatic heterocycles. The Bertz CT molecular complexity index is 1210. The SMILES string of the molecule is CC1(C)O/C(=C2/C(=O)Nc3cc(F)ccc32)C=C1c1ccc(CN2CCN(CCOCCO)CC2)cc1. The first-order valence-electron chi connectivity index (χ1n) is 12.8. The highest BCUT2D eigenvalue weighted by Gasteiger charge is 2.38. The number of aliphatic hydroxyl groups excluding tert-OH is 1. The van der Waals surface area contributed by atoms with E-state index in [9.17, 15) is 9.18 Å². The molecule has 8 heteroatoms. The average Bonchev–Trinajstić information content (AvgIpc) is 3.37. The predicted octanol–water partition coefficient (Wildman–Crippen LogP) is 3.51. The van der Waals surface area contributed by atoms with E-state index in [-0.39, 0.29) is 18.3 Å². The number of ether oxygens (including phenoxy) is 2. The van der Waals surface area contributed by atoms with Crippen LogP contribution in [0.3, 0.4) is 0 Å². The zero-order valence-electron chi connectivity index (χ0n) is 21.4. The summed E-state index contributed by atoms with van der Waals surface area (Å²) in [7, 11) is 0. The van der Waals surface area contributed by atoms with Crippen LogP contribution in [0, 0.1) is 5.82 Å². The number of halogens is 1. The summed E-state index contributed by atoms with van der Waals surface area (Å²) < 4.78 is 25.3. The summed E-state index contributed by atoms with van der Waals surface area (Å²) in [6.45, 7) is 11.0. The van der Waals surface area contributed by atoms with Crippen molar-refractivity contribution in [2.75, 3.05) is 57.9 Å². The minimum Gasteiger partial charge on any atom is -0.482 e. The molecular formula is C29H34FN3O4. The Labute approximate surface area is 217 Å². The Balaban J connectivity index is 1.25. The lowest BCUT2D eigenvalue weighted by atomic mass is 9.91. The summed E-state index contributed by atoms with van der Waals surface area (Å²) in [5.74, 6) is -0.163. The van der Waals surface area contributed by atoms with Crippen LogP contribution in [0.25, 0.3) is 11.1 Å². The van der Waals surface area contributed by atoms with Crippen LogP contribution in [0.1, 0.15) is 30.5 Å². The number of nitrogens with one attached hydrogen (secondary N) is 1. The maximum absolute atomic E-state index is 13.6. The molecule has 5 rings (SSSR count). The minimum atomic E-state index is -0.607. The molecule has 2 aromatic carbocycles. The van der Waals surface area contributed by atoms with Crippen molar-refractivity contribution in [2.24, 2.45) is 0 Å². The van der Waals surface area contributed by atoms with Gasteiger partial charge < -0.3 is 19.9 Å². The number of carbonyl (C=O) groups is 1. The third-order valence-electron chi connectivity index (χ3n) is 7.19. The highest BCUT2D eigenvalue weighted by Crippen LogP contribution is 2.44. The zero-order chi connectivity index (χ0) is 26.0. The van der Waals surface area contributed by atoms with Crippen LogP contribution in [0.5, 0.6) is 0 Å². The van der Waals surface area contributed by atoms with Gasteiger partial charge in [-0.15, -0.1) is 0 Å². The number of hydrogen-bond acceptors (Lipinski definition) is 6. The van der Waals surface area contributed by atoms with Gasteiger partial charge in [0.1, 0.15) is 17.2 Å². The summed E-state index contributed by atoms with van der Waals surface area (Å²) in [6, 6.07) is 12.9. The number of amides is 1. The Morgan fingerprint density at radius 3 is 2.51 bits per heavy atom. The molecule has 37 heavy (non-hydrogen) atoms. The molecule has 0 atom stereocenters. The molecule has 3 heterocycles. The van der Waals surface area contributed by atoms with E-state index in [4.69, 9.17) is 14.6 Å². The van der Waals surface area contributed by atoms with Gasteiger partial charge in [0.15, 0.2) is 0 Å². The fourth-order valence-electron chi connectivity index (χ4n) is 5.19. The van der Waals surface area contributed by atoms with Gasteiger partial charge in [-0.25, -0.2) is 4.39 Å². The van der Waals surface area contributed by atoms with E-state index >= 15 is 0 Å². The molecule has 1 fully saturated rings. The Morgan fingerprint density at radius 1 is 1.05 bits per heavy atom.